The zero-order valence-corrected chi connectivity index (χ0v) is 9.75. The summed E-state index contributed by atoms with van der Waals surface area (Å²) in [6.07, 6.45) is 1.09. The zero-order valence-electron chi connectivity index (χ0n) is 9.75. The van der Waals surface area contributed by atoms with E-state index in [9.17, 15) is 4.79 Å². The number of carbonyl (C=O) groups is 1. The lowest BCUT2D eigenvalue weighted by Gasteiger charge is -2.12. The van der Waals surface area contributed by atoms with Gasteiger partial charge in [0.25, 0.3) is 5.91 Å². The molecular weight excluding hydrogens is 202 g/mol. The Labute approximate surface area is 95.8 Å². The maximum Gasteiger partial charge on any atom is 0.255 e. The maximum atomic E-state index is 11.7. The minimum absolute atomic E-state index is 0.0387. The van der Waals surface area contributed by atoms with Crippen molar-refractivity contribution in [1.82, 2.24) is 5.32 Å². The molecule has 2 rings (SSSR count). The Morgan fingerprint density at radius 3 is 3.06 bits per heavy atom. The van der Waals surface area contributed by atoms with Gasteiger partial charge in [-0.1, -0.05) is 19.9 Å². The first-order valence-corrected chi connectivity index (χ1v) is 5.77. The Kier molecular flexibility index (Phi) is 3.13. The van der Waals surface area contributed by atoms with Crippen LogP contribution in [0.2, 0.25) is 0 Å². The monoisotopic (exact) mass is 219 g/mol. The summed E-state index contributed by atoms with van der Waals surface area (Å²) in [4.78, 5) is 11.7. The van der Waals surface area contributed by atoms with Gasteiger partial charge in [-0.2, -0.15) is 0 Å². The second-order valence-corrected chi connectivity index (χ2v) is 4.17. The van der Waals surface area contributed by atoms with Crippen molar-refractivity contribution in [2.75, 3.05) is 13.2 Å². The number of amides is 1. The highest BCUT2D eigenvalue weighted by Crippen LogP contribution is 2.27. The molecule has 86 valence electrons. The molecule has 0 saturated heterocycles. The molecule has 1 aliphatic heterocycles. The summed E-state index contributed by atoms with van der Waals surface area (Å²) >= 11 is 0. The molecule has 1 aromatic carbocycles. The molecule has 1 amide bonds. The molecule has 0 radical (unpaired) electrons. The fourth-order valence-electron chi connectivity index (χ4n) is 1.81. The normalized spacial score (nSPS) is 16.8. The van der Waals surface area contributed by atoms with Crippen LogP contribution >= 0.6 is 0 Å². The van der Waals surface area contributed by atoms with E-state index in [1.807, 2.05) is 18.2 Å². The molecule has 0 bridgehead atoms. The van der Waals surface area contributed by atoms with E-state index in [1.54, 1.807) is 0 Å². The molecule has 0 spiro atoms. The van der Waals surface area contributed by atoms with E-state index in [1.165, 1.54) is 5.56 Å². The highest BCUT2D eigenvalue weighted by molar-refractivity contribution is 5.97. The molecule has 0 fully saturated rings. The summed E-state index contributed by atoms with van der Waals surface area (Å²) < 4.78 is 5.57. The van der Waals surface area contributed by atoms with Gasteiger partial charge in [0.15, 0.2) is 0 Å². The average molecular weight is 219 g/mol. The highest BCUT2D eigenvalue weighted by Gasteiger charge is 2.17. The zero-order chi connectivity index (χ0) is 11.5. The molecule has 16 heavy (non-hydrogen) atoms. The molecule has 1 atom stereocenters. The van der Waals surface area contributed by atoms with Gasteiger partial charge in [-0.15, -0.1) is 0 Å². The largest absolute Gasteiger partial charge is 0.491 e. The number of benzene rings is 1. The molecular formula is C13H17NO2. The summed E-state index contributed by atoms with van der Waals surface area (Å²) in [6, 6.07) is 5.87. The van der Waals surface area contributed by atoms with Gasteiger partial charge in [0, 0.05) is 0 Å². The van der Waals surface area contributed by atoms with Crippen LogP contribution in [0.5, 0.6) is 5.75 Å². The Hall–Kier alpha value is -1.51. The topological polar surface area (TPSA) is 38.3 Å². The van der Waals surface area contributed by atoms with Crippen LogP contribution in [0.1, 0.15) is 42.1 Å². The van der Waals surface area contributed by atoms with E-state index in [2.05, 4.69) is 19.2 Å². The van der Waals surface area contributed by atoms with Gasteiger partial charge < -0.3 is 10.1 Å². The number of hydrogen-bond donors (Lipinski definition) is 1. The van der Waals surface area contributed by atoms with Gasteiger partial charge in [-0.05, 0) is 30.0 Å². The van der Waals surface area contributed by atoms with Crippen LogP contribution in [-0.4, -0.2) is 19.1 Å². The molecule has 1 aliphatic rings. The summed E-state index contributed by atoms with van der Waals surface area (Å²) in [5.41, 5.74) is 1.88. The lowest BCUT2D eigenvalue weighted by atomic mass is 9.97. The van der Waals surface area contributed by atoms with Gasteiger partial charge >= 0.3 is 0 Å². The first-order chi connectivity index (χ1) is 7.72. The first kappa shape index (κ1) is 11.0. The smallest absolute Gasteiger partial charge is 0.255 e. The third-order valence-corrected chi connectivity index (χ3v) is 3.08. The van der Waals surface area contributed by atoms with E-state index < -0.39 is 0 Å². The lowest BCUT2D eigenvalue weighted by molar-refractivity contribution is 0.0957. The number of nitrogens with one attached hydrogen (secondary N) is 1. The SMILES string of the molecule is CCC(C)c1ccc2c(c1)OCCNC2=O. The van der Waals surface area contributed by atoms with Crippen LogP contribution in [-0.2, 0) is 0 Å². The van der Waals surface area contributed by atoms with Crippen molar-refractivity contribution in [3.63, 3.8) is 0 Å². The van der Waals surface area contributed by atoms with Crippen molar-refractivity contribution in [2.45, 2.75) is 26.2 Å². The van der Waals surface area contributed by atoms with Gasteiger partial charge in [-0.3, -0.25) is 4.79 Å². The molecule has 1 unspecified atom stereocenters. The number of rotatable bonds is 2. The molecule has 1 N–H and O–H groups in total. The number of ether oxygens (including phenoxy) is 1. The molecule has 1 heterocycles. The van der Waals surface area contributed by atoms with Crippen LogP contribution in [0, 0.1) is 0 Å². The summed E-state index contributed by atoms with van der Waals surface area (Å²) in [5.74, 6) is 1.18. The number of hydrogen-bond acceptors (Lipinski definition) is 2. The maximum absolute atomic E-state index is 11.7. The standard InChI is InChI=1S/C13H17NO2/c1-3-9(2)10-4-5-11-12(8-10)16-7-6-14-13(11)15/h4-5,8-9H,3,6-7H2,1-2H3,(H,14,15). The van der Waals surface area contributed by atoms with Crippen molar-refractivity contribution < 1.29 is 9.53 Å². The number of carbonyl (C=O) groups excluding carboxylic acids is 1. The van der Waals surface area contributed by atoms with E-state index in [0.717, 1.165) is 6.42 Å². The predicted molar refractivity (Wildman–Crippen MR) is 63.0 cm³/mol. The Bertz CT molecular complexity index is 401. The third-order valence-electron chi connectivity index (χ3n) is 3.08. The fourth-order valence-corrected chi connectivity index (χ4v) is 1.81. The summed E-state index contributed by atoms with van der Waals surface area (Å²) in [5, 5.41) is 2.80. The Balaban J connectivity index is 2.37. The average Bonchev–Trinajstić information content (AvgIpc) is 2.50. The first-order valence-electron chi connectivity index (χ1n) is 5.77. The van der Waals surface area contributed by atoms with Crippen LogP contribution in [0.3, 0.4) is 0 Å². The quantitative estimate of drug-likeness (QED) is 0.829. The summed E-state index contributed by atoms with van der Waals surface area (Å²) in [6.45, 7) is 5.46. The van der Waals surface area contributed by atoms with Crippen molar-refractivity contribution in [1.29, 1.82) is 0 Å². The van der Waals surface area contributed by atoms with Crippen LogP contribution in [0.15, 0.2) is 18.2 Å². The Morgan fingerprint density at radius 2 is 2.31 bits per heavy atom. The van der Waals surface area contributed by atoms with Crippen LogP contribution in [0.25, 0.3) is 0 Å². The van der Waals surface area contributed by atoms with Crippen LogP contribution < -0.4 is 10.1 Å². The minimum Gasteiger partial charge on any atom is -0.491 e. The van der Waals surface area contributed by atoms with E-state index in [0.29, 0.717) is 30.4 Å². The van der Waals surface area contributed by atoms with Crippen LogP contribution in [0.4, 0.5) is 0 Å². The second kappa shape index (κ2) is 4.56. The van der Waals surface area contributed by atoms with E-state index in [4.69, 9.17) is 4.74 Å². The second-order valence-electron chi connectivity index (χ2n) is 4.17. The highest BCUT2D eigenvalue weighted by atomic mass is 16.5. The van der Waals surface area contributed by atoms with Crippen molar-refractivity contribution in [3.05, 3.63) is 29.3 Å². The third kappa shape index (κ3) is 2.03. The molecule has 0 aliphatic carbocycles. The van der Waals surface area contributed by atoms with E-state index in [-0.39, 0.29) is 5.91 Å². The fraction of sp³-hybridized carbons (Fsp3) is 0.462. The molecule has 3 nitrogen and oxygen atoms in total. The van der Waals surface area contributed by atoms with Crippen molar-refractivity contribution in [3.8, 4) is 5.75 Å². The van der Waals surface area contributed by atoms with Crippen molar-refractivity contribution >= 4 is 5.91 Å². The minimum atomic E-state index is -0.0387. The van der Waals surface area contributed by atoms with Gasteiger partial charge in [0.2, 0.25) is 0 Å². The van der Waals surface area contributed by atoms with Gasteiger partial charge in [0.1, 0.15) is 12.4 Å². The van der Waals surface area contributed by atoms with Gasteiger partial charge in [-0.25, -0.2) is 0 Å². The molecule has 1 aromatic rings. The van der Waals surface area contributed by atoms with E-state index >= 15 is 0 Å². The molecule has 0 saturated carbocycles. The lowest BCUT2D eigenvalue weighted by Crippen LogP contribution is -2.24. The molecule has 3 heteroatoms. The van der Waals surface area contributed by atoms with Crippen molar-refractivity contribution in [2.24, 2.45) is 0 Å². The van der Waals surface area contributed by atoms with Gasteiger partial charge in [0.05, 0.1) is 12.1 Å². The Morgan fingerprint density at radius 1 is 1.50 bits per heavy atom. The predicted octanol–water partition coefficient (Wildman–Crippen LogP) is 2.32. The number of fused-ring (bicyclic) bond motifs is 1. The molecule has 0 aromatic heterocycles. The summed E-state index contributed by atoms with van der Waals surface area (Å²) in [7, 11) is 0.